The van der Waals surface area contributed by atoms with E-state index in [-0.39, 0.29) is 6.54 Å². The molecule has 0 aliphatic rings. The minimum absolute atomic E-state index is 0.273. The molecule has 0 fully saturated rings. The molecule has 5 heteroatoms. The largest absolute Gasteiger partial charge is 0.399 e. The molecule has 1 unspecified atom stereocenters. The Balaban J connectivity index is 2.07. The molecule has 20 heavy (non-hydrogen) atoms. The maximum absolute atomic E-state index is 10.1. The third kappa shape index (κ3) is 3.25. The molecule has 2 aromatic rings. The highest BCUT2D eigenvalue weighted by molar-refractivity contribution is 5.52. The van der Waals surface area contributed by atoms with Gasteiger partial charge in [-0.3, -0.25) is 0 Å². The minimum Gasteiger partial charge on any atom is -0.399 e. The molecular weight excluding hydrogens is 252 g/mol. The van der Waals surface area contributed by atoms with Crippen molar-refractivity contribution in [2.45, 2.75) is 13.0 Å². The van der Waals surface area contributed by atoms with Crippen molar-refractivity contribution in [1.29, 1.82) is 5.26 Å². The highest BCUT2D eigenvalue weighted by Gasteiger charge is 2.09. The van der Waals surface area contributed by atoms with Crippen LogP contribution in [0.4, 0.5) is 11.5 Å². The first-order valence-corrected chi connectivity index (χ1v) is 6.25. The Morgan fingerprint density at radius 3 is 2.65 bits per heavy atom. The lowest BCUT2D eigenvalue weighted by Crippen LogP contribution is -2.14. The number of aromatic nitrogens is 1. The van der Waals surface area contributed by atoms with Crippen LogP contribution in [0.25, 0.3) is 0 Å². The standard InChI is InChI=1S/C15H16N4O/c1-10-2-3-12(8-16)15(19-10)18-9-14(20)11-4-6-13(17)7-5-11/h2-7,14,20H,9,17H2,1H3,(H,18,19). The first kappa shape index (κ1) is 13.8. The van der Waals surface area contributed by atoms with E-state index in [4.69, 9.17) is 11.0 Å². The molecule has 102 valence electrons. The molecule has 1 aromatic carbocycles. The van der Waals surface area contributed by atoms with E-state index in [2.05, 4.69) is 16.4 Å². The van der Waals surface area contributed by atoms with E-state index >= 15 is 0 Å². The van der Waals surface area contributed by atoms with Crippen LogP contribution in [0.1, 0.15) is 22.9 Å². The number of nitriles is 1. The summed E-state index contributed by atoms with van der Waals surface area (Å²) in [4.78, 5) is 4.26. The molecule has 2 rings (SSSR count). The van der Waals surface area contributed by atoms with Gasteiger partial charge in [0.15, 0.2) is 0 Å². The summed E-state index contributed by atoms with van der Waals surface area (Å²) >= 11 is 0. The number of aliphatic hydroxyl groups is 1. The second-order valence-corrected chi connectivity index (χ2v) is 4.52. The number of aryl methyl sites for hydroxylation is 1. The van der Waals surface area contributed by atoms with Crippen LogP contribution in [0.2, 0.25) is 0 Å². The number of benzene rings is 1. The Bertz CT molecular complexity index is 631. The average molecular weight is 268 g/mol. The Kier molecular flexibility index (Phi) is 4.18. The summed E-state index contributed by atoms with van der Waals surface area (Å²) < 4.78 is 0. The van der Waals surface area contributed by atoms with Gasteiger partial charge in [-0.25, -0.2) is 4.98 Å². The molecule has 0 aliphatic carbocycles. The summed E-state index contributed by atoms with van der Waals surface area (Å²) in [5.74, 6) is 0.488. The zero-order chi connectivity index (χ0) is 14.5. The molecule has 5 nitrogen and oxygen atoms in total. The Labute approximate surface area is 117 Å². The number of aliphatic hydroxyl groups excluding tert-OH is 1. The van der Waals surface area contributed by atoms with Gasteiger partial charge in [0.1, 0.15) is 11.9 Å². The van der Waals surface area contributed by atoms with E-state index in [1.165, 1.54) is 0 Å². The van der Waals surface area contributed by atoms with E-state index in [1.54, 1.807) is 36.4 Å². The van der Waals surface area contributed by atoms with Gasteiger partial charge in [0.25, 0.3) is 0 Å². The lowest BCUT2D eigenvalue weighted by molar-refractivity contribution is 0.191. The zero-order valence-corrected chi connectivity index (χ0v) is 11.2. The maximum atomic E-state index is 10.1. The van der Waals surface area contributed by atoms with Crippen LogP contribution in [0.5, 0.6) is 0 Å². The highest BCUT2D eigenvalue weighted by Crippen LogP contribution is 2.17. The molecule has 0 bridgehead atoms. The molecule has 0 amide bonds. The van der Waals surface area contributed by atoms with Gasteiger partial charge >= 0.3 is 0 Å². The SMILES string of the molecule is Cc1ccc(C#N)c(NCC(O)c2ccc(N)cc2)n1. The molecule has 0 saturated carbocycles. The molecule has 0 radical (unpaired) electrons. The number of rotatable bonds is 4. The number of nitrogens with one attached hydrogen (secondary N) is 1. The van der Waals surface area contributed by atoms with Crippen LogP contribution in [0, 0.1) is 18.3 Å². The quantitative estimate of drug-likeness (QED) is 0.737. The van der Waals surface area contributed by atoms with Crippen molar-refractivity contribution in [3.05, 3.63) is 53.2 Å². The molecule has 1 atom stereocenters. The second-order valence-electron chi connectivity index (χ2n) is 4.52. The molecule has 4 N–H and O–H groups in total. The van der Waals surface area contributed by atoms with Crippen molar-refractivity contribution >= 4 is 11.5 Å². The van der Waals surface area contributed by atoms with Gasteiger partial charge in [-0.1, -0.05) is 12.1 Å². The minimum atomic E-state index is -0.690. The summed E-state index contributed by atoms with van der Waals surface area (Å²) in [6.45, 7) is 2.12. The maximum Gasteiger partial charge on any atom is 0.144 e. The molecular formula is C15H16N4O. The predicted molar refractivity (Wildman–Crippen MR) is 78.0 cm³/mol. The Hall–Kier alpha value is -2.58. The van der Waals surface area contributed by atoms with Crippen molar-refractivity contribution in [3.63, 3.8) is 0 Å². The number of hydrogen-bond donors (Lipinski definition) is 3. The van der Waals surface area contributed by atoms with E-state index in [0.29, 0.717) is 17.1 Å². The Morgan fingerprint density at radius 1 is 1.30 bits per heavy atom. The van der Waals surface area contributed by atoms with E-state index < -0.39 is 6.10 Å². The van der Waals surface area contributed by atoms with Crippen LogP contribution < -0.4 is 11.1 Å². The van der Waals surface area contributed by atoms with E-state index in [0.717, 1.165) is 11.3 Å². The summed E-state index contributed by atoms with van der Waals surface area (Å²) in [6, 6.07) is 12.6. The first-order valence-electron chi connectivity index (χ1n) is 6.25. The van der Waals surface area contributed by atoms with Crippen molar-refractivity contribution in [2.75, 3.05) is 17.6 Å². The smallest absolute Gasteiger partial charge is 0.144 e. The lowest BCUT2D eigenvalue weighted by atomic mass is 10.1. The van der Waals surface area contributed by atoms with Crippen LogP contribution in [0.3, 0.4) is 0 Å². The van der Waals surface area contributed by atoms with Gasteiger partial charge in [-0.2, -0.15) is 5.26 Å². The second kappa shape index (κ2) is 6.04. The Morgan fingerprint density at radius 2 is 2.00 bits per heavy atom. The van der Waals surface area contributed by atoms with Crippen LogP contribution >= 0.6 is 0 Å². The molecule has 0 aliphatic heterocycles. The van der Waals surface area contributed by atoms with Gasteiger partial charge in [0.05, 0.1) is 11.7 Å². The van der Waals surface area contributed by atoms with Crippen molar-refractivity contribution in [2.24, 2.45) is 0 Å². The summed E-state index contributed by atoms with van der Waals surface area (Å²) in [5, 5.41) is 22.1. The summed E-state index contributed by atoms with van der Waals surface area (Å²) in [7, 11) is 0. The fraction of sp³-hybridized carbons (Fsp3) is 0.200. The van der Waals surface area contributed by atoms with Crippen LogP contribution in [0.15, 0.2) is 36.4 Å². The predicted octanol–water partition coefficient (Wildman–Crippen LogP) is 1.99. The van der Waals surface area contributed by atoms with Gasteiger partial charge in [0.2, 0.25) is 0 Å². The fourth-order valence-electron chi connectivity index (χ4n) is 1.81. The van der Waals surface area contributed by atoms with Crippen LogP contribution in [-0.4, -0.2) is 16.6 Å². The number of hydrogen-bond acceptors (Lipinski definition) is 5. The topological polar surface area (TPSA) is 95.0 Å². The number of nitrogen functional groups attached to an aromatic ring is 1. The summed E-state index contributed by atoms with van der Waals surface area (Å²) in [6.07, 6.45) is -0.690. The monoisotopic (exact) mass is 268 g/mol. The van der Waals surface area contributed by atoms with Crippen LogP contribution in [-0.2, 0) is 0 Å². The number of pyridine rings is 1. The van der Waals surface area contributed by atoms with Crippen molar-refractivity contribution in [3.8, 4) is 6.07 Å². The molecule has 0 spiro atoms. The van der Waals surface area contributed by atoms with Gasteiger partial charge in [0, 0.05) is 17.9 Å². The lowest BCUT2D eigenvalue weighted by Gasteiger charge is -2.14. The van der Waals surface area contributed by atoms with Gasteiger partial charge < -0.3 is 16.2 Å². The van der Waals surface area contributed by atoms with Crippen molar-refractivity contribution < 1.29 is 5.11 Å². The van der Waals surface area contributed by atoms with E-state index in [9.17, 15) is 5.11 Å². The number of nitrogens with two attached hydrogens (primary N) is 1. The highest BCUT2D eigenvalue weighted by atomic mass is 16.3. The molecule has 0 saturated heterocycles. The third-order valence-electron chi connectivity index (χ3n) is 2.94. The average Bonchev–Trinajstić information content (AvgIpc) is 2.45. The number of anilines is 2. The summed E-state index contributed by atoms with van der Waals surface area (Å²) in [5.41, 5.74) is 8.29. The fourth-order valence-corrected chi connectivity index (χ4v) is 1.81. The van der Waals surface area contributed by atoms with Crippen molar-refractivity contribution in [1.82, 2.24) is 4.98 Å². The zero-order valence-electron chi connectivity index (χ0n) is 11.2. The van der Waals surface area contributed by atoms with E-state index in [1.807, 2.05) is 6.92 Å². The third-order valence-corrected chi connectivity index (χ3v) is 2.94. The van der Waals surface area contributed by atoms with Gasteiger partial charge in [-0.15, -0.1) is 0 Å². The normalized spacial score (nSPS) is 11.7. The molecule has 1 aromatic heterocycles. The van der Waals surface area contributed by atoms with Gasteiger partial charge in [-0.05, 0) is 36.8 Å². The number of nitrogens with zero attached hydrogens (tertiary/aromatic N) is 2. The first-order chi connectivity index (χ1) is 9.60. The molecule has 1 heterocycles.